The molecule has 0 spiro atoms. The van der Waals surface area contributed by atoms with Crippen LogP contribution >= 0.6 is 11.6 Å². The van der Waals surface area contributed by atoms with Crippen LogP contribution in [-0.4, -0.2) is 17.3 Å². The van der Waals surface area contributed by atoms with E-state index in [0.29, 0.717) is 5.92 Å². The summed E-state index contributed by atoms with van der Waals surface area (Å²) in [4.78, 5) is 0. The minimum absolute atomic E-state index is 0.271. The van der Waals surface area contributed by atoms with Crippen LogP contribution in [0.3, 0.4) is 0 Å². The summed E-state index contributed by atoms with van der Waals surface area (Å²) < 4.78 is 5.64. The van der Waals surface area contributed by atoms with Gasteiger partial charge in [-0.15, -0.1) is 0 Å². The second-order valence-electron chi connectivity index (χ2n) is 5.40. The molecular formula is C14H21ClO2. The SMILES string of the molecule is Cc1cc(Cl)c(C(C)C)cc1OCC(C)(C)O. The van der Waals surface area contributed by atoms with Crippen LogP contribution < -0.4 is 4.74 Å². The van der Waals surface area contributed by atoms with Crippen molar-refractivity contribution in [3.8, 4) is 5.75 Å². The maximum atomic E-state index is 9.65. The third-order valence-corrected chi connectivity index (χ3v) is 2.82. The van der Waals surface area contributed by atoms with E-state index in [1.807, 2.05) is 19.1 Å². The van der Waals surface area contributed by atoms with Gasteiger partial charge in [0.05, 0.1) is 5.60 Å². The first-order valence-corrected chi connectivity index (χ1v) is 6.23. The molecule has 0 aliphatic rings. The summed E-state index contributed by atoms with van der Waals surface area (Å²) in [5.41, 5.74) is 1.23. The van der Waals surface area contributed by atoms with Crippen molar-refractivity contribution in [2.24, 2.45) is 0 Å². The number of aliphatic hydroxyl groups is 1. The molecule has 0 bridgehead atoms. The smallest absolute Gasteiger partial charge is 0.122 e. The van der Waals surface area contributed by atoms with Crippen LogP contribution in [0.4, 0.5) is 0 Å². The Morgan fingerprint density at radius 3 is 2.41 bits per heavy atom. The lowest BCUT2D eigenvalue weighted by molar-refractivity contribution is 0.0282. The number of ether oxygens (including phenoxy) is 1. The molecule has 0 heterocycles. The molecule has 0 unspecified atom stereocenters. The normalized spacial score (nSPS) is 12.0. The van der Waals surface area contributed by atoms with Gasteiger partial charge < -0.3 is 9.84 Å². The Kier molecular flexibility index (Phi) is 4.45. The minimum Gasteiger partial charge on any atom is -0.490 e. The highest BCUT2D eigenvalue weighted by molar-refractivity contribution is 6.31. The molecule has 0 saturated carbocycles. The highest BCUT2D eigenvalue weighted by atomic mass is 35.5. The molecule has 0 fully saturated rings. The lowest BCUT2D eigenvalue weighted by atomic mass is 10.0. The van der Waals surface area contributed by atoms with Gasteiger partial charge in [0, 0.05) is 5.02 Å². The summed E-state index contributed by atoms with van der Waals surface area (Å²) >= 11 is 6.18. The Morgan fingerprint density at radius 2 is 1.94 bits per heavy atom. The van der Waals surface area contributed by atoms with Crippen LogP contribution in [0.2, 0.25) is 5.02 Å². The Hall–Kier alpha value is -0.730. The summed E-state index contributed by atoms with van der Waals surface area (Å²) in [6.07, 6.45) is 0. The van der Waals surface area contributed by atoms with Crippen molar-refractivity contribution in [1.82, 2.24) is 0 Å². The molecule has 0 aliphatic carbocycles. The molecule has 96 valence electrons. The Bertz CT molecular complexity index is 392. The number of rotatable bonds is 4. The van der Waals surface area contributed by atoms with Crippen LogP contribution in [0.5, 0.6) is 5.75 Å². The van der Waals surface area contributed by atoms with Crippen LogP contribution in [0.25, 0.3) is 0 Å². The van der Waals surface area contributed by atoms with Gasteiger partial charge in [-0.25, -0.2) is 0 Å². The van der Waals surface area contributed by atoms with E-state index < -0.39 is 5.60 Å². The lowest BCUT2D eigenvalue weighted by Gasteiger charge is -2.20. The van der Waals surface area contributed by atoms with Gasteiger partial charge in [-0.3, -0.25) is 0 Å². The van der Waals surface area contributed by atoms with E-state index in [1.54, 1.807) is 13.8 Å². The van der Waals surface area contributed by atoms with Gasteiger partial charge >= 0.3 is 0 Å². The van der Waals surface area contributed by atoms with E-state index in [2.05, 4.69) is 13.8 Å². The molecule has 17 heavy (non-hydrogen) atoms. The third-order valence-electron chi connectivity index (χ3n) is 2.50. The van der Waals surface area contributed by atoms with Crippen LogP contribution in [-0.2, 0) is 0 Å². The number of aryl methyl sites for hydroxylation is 1. The van der Waals surface area contributed by atoms with Crippen molar-refractivity contribution in [2.45, 2.75) is 46.1 Å². The molecule has 0 aliphatic heterocycles. The highest BCUT2D eigenvalue weighted by Crippen LogP contribution is 2.31. The molecule has 0 aromatic heterocycles. The Labute approximate surface area is 109 Å². The van der Waals surface area contributed by atoms with Gasteiger partial charge in [-0.05, 0) is 49.9 Å². The van der Waals surface area contributed by atoms with E-state index in [9.17, 15) is 5.11 Å². The van der Waals surface area contributed by atoms with Crippen molar-refractivity contribution in [2.75, 3.05) is 6.61 Å². The lowest BCUT2D eigenvalue weighted by Crippen LogP contribution is -2.28. The van der Waals surface area contributed by atoms with E-state index in [4.69, 9.17) is 16.3 Å². The molecule has 0 amide bonds. The van der Waals surface area contributed by atoms with Gasteiger partial charge in [0.15, 0.2) is 0 Å². The zero-order valence-corrected chi connectivity index (χ0v) is 11.9. The minimum atomic E-state index is -0.829. The molecule has 3 heteroatoms. The topological polar surface area (TPSA) is 29.5 Å². The molecule has 1 N–H and O–H groups in total. The van der Waals surface area contributed by atoms with Crippen LogP contribution in [0, 0.1) is 6.92 Å². The van der Waals surface area contributed by atoms with Gasteiger partial charge in [-0.2, -0.15) is 0 Å². The molecule has 1 aromatic carbocycles. The fourth-order valence-electron chi connectivity index (χ4n) is 1.52. The molecule has 1 rings (SSSR count). The Morgan fingerprint density at radius 1 is 1.35 bits per heavy atom. The fraction of sp³-hybridized carbons (Fsp3) is 0.571. The summed E-state index contributed by atoms with van der Waals surface area (Å²) in [6.45, 7) is 9.86. The fourth-order valence-corrected chi connectivity index (χ4v) is 1.96. The second kappa shape index (κ2) is 5.28. The van der Waals surface area contributed by atoms with Crippen molar-refractivity contribution >= 4 is 11.6 Å². The standard InChI is InChI=1S/C14H21ClO2/c1-9(2)11-7-13(10(3)6-12(11)15)17-8-14(4,5)16/h6-7,9,16H,8H2,1-5H3. The van der Waals surface area contributed by atoms with Crippen LogP contribution in [0.15, 0.2) is 12.1 Å². The van der Waals surface area contributed by atoms with E-state index in [0.717, 1.165) is 21.9 Å². The Balaban J connectivity index is 2.96. The average molecular weight is 257 g/mol. The average Bonchev–Trinajstić information content (AvgIpc) is 2.14. The summed E-state index contributed by atoms with van der Waals surface area (Å²) in [5, 5.41) is 10.4. The van der Waals surface area contributed by atoms with Crippen molar-refractivity contribution < 1.29 is 9.84 Å². The molecular weight excluding hydrogens is 236 g/mol. The molecule has 1 aromatic rings. The van der Waals surface area contributed by atoms with E-state index in [1.165, 1.54) is 0 Å². The monoisotopic (exact) mass is 256 g/mol. The van der Waals surface area contributed by atoms with Gasteiger partial charge in [0.25, 0.3) is 0 Å². The first-order chi connectivity index (χ1) is 7.70. The zero-order chi connectivity index (χ0) is 13.2. The molecule has 0 atom stereocenters. The quantitative estimate of drug-likeness (QED) is 0.885. The first-order valence-electron chi connectivity index (χ1n) is 5.86. The van der Waals surface area contributed by atoms with Crippen molar-refractivity contribution in [3.63, 3.8) is 0 Å². The molecule has 0 radical (unpaired) electrons. The van der Waals surface area contributed by atoms with Gasteiger partial charge in [0.2, 0.25) is 0 Å². The summed E-state index contributed by atoms with van der Waals surface area (Å²) in [5.74, 6) is 1.15. The number of hydrogen-bond donors (Lipinski definition) is 1. The molecule has 2 nitrogen and oxygen atoms in total. The van der Waals surface area contributed by atoms with E-state index >= 15 is 0 Å². The van der Waals surface area contributed by atoms with E-state index in [-0.39, 0.29) is 6.61 Å². The number of hydrogen-bond acceptors (Lipinski definition) is 2. The van der Waals surface area contributed by atoms with Crippen molar-refractivity contribution in [3.05, 3.63) is 28.3 Å². The molecule has 0 saturated heterocycles. The second-order valence-corrected chi connectivity index (χ2v) is 5.80. The third kappa shape index (κ3) is 4.21. The van der Waals surface area contributed by atoms with Gasteiger partial charge in [0.1, 0.15) is 12.4 Å². The predicted octanol–water partition coefficient (Wildman–Crippen LogP) is 3.92. The summed E-state index contributed by atoms with van der Waals surface area (Å²) in [6, 6.07) is 3.88. The van der Waals surface area contributed by atoms with Crippen LogP contribution in [0.1, 0.15) is 44.7 Å². The van der Waals surface area contributed by atoms with Crippen molar-refractivity contribution in [1.29, 1.82) is 0 Å². The predicted molar refractivity (Wildman–Crippen MR) is 72.1 cm³/mol. The number of benzene rings is 1. The first kappa shape index (κ1) is 14.3. The summed E-state index contributed by atoms with van der Waals surface area (Å²) in [7, 11) is 0. The maximum absolute atomic E-state index is 9.65. The zero-order valence-electron chi connectivity index (χ0n) is 11.2. The highest BCUT2D eigenvalue weighted by Gasteiger charge is 2.15. The van der Waals surface area contributed by atoms with Gasteiger partial charge in [-0.1, -0.05) is 25.4 Å². The largest absolute Gasteiger partial charge is 0.490 e. The maximum Gasteiger partial charge on any atom is 0.122 e. The number of halogens is 1.